The second kappa shape index (κ2) is 7.38. The highest BCUT2D eigenvalue weighted by molar-refractivity contribution is 5.87. The summed E-state index contributed by atoms with van der Waals surface area (Å²) in [4.78, 5) is 14.2. The number of nitrogens with zero attached hydrogens (tertiary/aromatic N) is 1. The van der Waals surface area contributed by atoms with E-state index in [4.69, 9.17) is 5.11 Å². The molecule has 2 aromatic rings. The van der Waals surface area contributed by atoms with Crippen LogP contribution in [0.3, 0.4) is 0 Å². The molecule has 118 valence electrons. The average Bonchev–Trinajstić information content (AvgIpc) is 2.53. The molecule has 0 radical (unpaired) electrons. The molecule has 2 aromatic carbocycles. The fraction of sp³-hybridized carbons (Fsp3) is 0.389. The molecule has 22 heavy (non-hydrogen) atoms. The minimum Gasteiger partial charge on any atom is -0.395 e. The molecule has 2 unspecified atom stereocenters. The molecule has 2 N–H and O–H groups in total. The van der Waals surface area contributed by atoms with Gasteiger partial charge in [-0.2, -0.15) is 0 Å². The summed E-state index contributed by atoms with van der Waals surface area (Å²) in [5.41, 5.74) is 1.11. The van der Waals surface area contributed by atoms with Gasteiger partial charge in [-0.05, 0) is 37.2 Å². The zero-order valence-electron chi connectivity index (χ0n) is 13.4. The Kier molecular flexibility index (Phi) is 5.52. The summed E-state index contributed by atoms with van der Waals surface area (Å²) < 4.78 is 0. The van der Waals surface area contributed by atoms with E-state index in [2.05, 4.69) is 29.6 Å². The van der Waals surface area contributed by atoms with Crippen LogP contribution in [-0.4, -0.2) is 42.2 Å². The Morgan fingerprint density at radius 1 is 1.18 bits per heavy atom. The van der Waals surface area contributed by atoms with Gasteiger partial charge in [0.2, 0.25) is 5.91 Å². The Labute approximate surface area is 131 Å². The third kappa shape index (κ3) is 3.64. The van der Waals surface area contributed by atoms with Crippen molar-refractivity contribution in [1.82, 2.24) is 10.2 Å². The third-order valence-corrected chi connectivity index (χ3v) is 4.14. The molecule has 0 saturated carbocycles. The number of carbonyl (C=O) groups is 1. The fourth-order valence-electron chi connectivity index (χ4n) is 2.59. The van der Waals surface area contributed by atoms with Crippen molar-refractivity contribution in [3.8, 4) is 0 Å². The van der Waals surface area contributed by atoms with Crippen LogP contribution in [0.2, 0.25) is 0 Å². The zero-order valence-corrected chi connectivity index (χ0v) is 13.4. The Morgan fingerprint density at radius 2 is 1.86 bits per heavy atom. The maximum Gasteiger partial charge on any atom is 0.237 e. The first-order valence-electron chi connectivity index (χ1n) is 7.63. The van der Waals surface area contributed by atoms with E-state index in [0.29, 0.717) is 6.54 Å². The van der Waals surface area contributed by atoms with Crippen molar-refractivity contribution in [2.75, 3.05) is 20.2 Å². The van der Waals surface area contributed by atoms with Gasteiger partial charge in [0.15, 0.2) is 0 Å². The summed E-state index contributed by atoms with van der Waals surface area (Å²) in [6, 6.07) is 14.0. The Balaban J connectivity index is 2.14. The normalized spacial score (nSPS) is 14.0. The Morgan fingerprint density at radius 3 is 2.59 bits per heavy atom. The molecule has 0 aromatic heterocycles. The zero-order chi connectivity index (χ0) is 16.1. The molecule has 0 spiro atoms. The number of carbonyl (C=O) groups excluding carboxylic acids is 1. The standard InChI is InChI=1S/C18H24N2O2/c1-13(19-18(22)14(2)20(3)11-12-21)16-10-6-8-15-7-4-5-9-17(15)16/h4-10,13-14,21H,11-12H2,1-3H3,(H,19,22). The molecule has 0 heterocycles. The summed E-state index contributed by atoms with van der Waals surface area (Å²) in [6.45, 7) is 4.38. The maximum absolute atomic E-state index is 12.3. The molecular weight excluding hydrogens is 276 g/mol. The van der Waals surface area contributed by atoms with Crippen LogP contribution in [0, 0.1) is 0 Å². The molecule has 0 aliphatic rings. The van der Waals surface area contributed by atoms with Gasteiger partial charge in [0.1, 0.15) is 0 Å². The highest BCUT2D eigenvalue weighted by Gasteiger charge is 2.20. The van der Waals surface area contributed by atoms with Crippen LogP contribution in [0.25, 0.3) is 10.8 Å². The van der Waals surface area contributed by atoms with Gasteiger partial charge >= 0.3 is 0 Å². The van der Waals surface area contributed by atoms with Crippen molar-refractivity contribution in [2.45, 2.75) is 25.9 Å². The van der Waals surface area contributed by atoms with Crippen LogP contribution in [0.5, 0.6) is 0 Å². The van der Waals surface area contributed by atoms with Crippen molar-refractivity contribution < 1.29 is 9.90 Å². The van der Waals surface area contributed by atoms with Crippen molar-refractivity contribution in [3.63, 3.8) is 0 Å². The quantitative estimate of drug-likeness (QED) is 0.861. The molecule has 0 fully saturated rings. The van der Waals surface area contributed by atoms with Crippen molar-refractivity contribution in [1.29, 1.82) is 0 Å². The summed E-state index contributed by atoms with van der Waals surface area (Å²) in [5, 5.41) is 14.4. The predicted molar refractivity (Wildman–Crippen MR) is 89.7 cm³/mol. The number of hydrogen-bond donors (Lipinski definition) is 2. The Hall–Kier alpha value is -1.91. The smallest absolute Gasteiger partial charge is 0.237 e. The highest BCUT2D eigenvalue weighted by Crippen LogP contribution is 2.24. The van der Waals surface area contributed by atoms with Crippen molar-refractivity contribution in [3.05, 3.63) is 48.0 Å². The SMILES string of the molecule is CC(NC(=O)C(C)N(C)CCO)c1cccc2ccccc12. The number of fused-ring (bicyclic) bond motifs is 1. The molecule has 4 heteroatoms. The van der Waals surface area contributed by atoms with E-state index in [9.17, 15) is 4.79 Å². The maximum atomic E-state index is 12.3. The molecule has 1 amide bonds. The minimum absolute atomic E-state index is 0.0311. The number of aliphatic hydroxyl groups is 1. The monoisotopic (exact) mass is 300 g/mol. The van der Waals surface area contributed by atoms with E-state index in [1.807, 2.05) is 44.0 Å². The summed E-state index contributed by atoms with van der Waals surface area (Å²) in [7, 11) is 1.84. The number of amides is 1. The molecule has 2 atom stereocenters. The summed E-state index contributed by atoms with van der Waals surface area (Å²) >= 11 is 0. The van der Waals surface area contributed by atoms with Crippen LogP contribution < -0.4 is 5.32 Å². The van der Waals surface area contributed by atoms with Crippen LogP contribution in [-0.2, 0) is 4.79 Å². The van der Waals surface area contributed by atoms with Crippen LogP contribution in [0.15, 0.2) is 42.5 Å². The van der Waals surface area contributed by atoms with Gasteiger partial charge in [0, 0.05) is 6.54 Å². The van der Waals surface area contributed by atoms with Gasteiger partial charge in [-0.1, -0.05) is 42.5 Å². The van der Waals surface area contributed by atoms with Crippen LogP contribution in [0.1, 0.15) is 25.5 Å². The van der Waals surface area contributed by atoms with E-state index in [1.165, 1.54) is 5.39 Å². The molecule has 0 aliphatic carbocycles. The van der Waals surface area contributed by atoms with Crippen LogP contribution >= 0.6 is 0 Å². The number of rotatable bonds is 6. The lowest BCUT2D eigenvalue weighted by molar-refractivity contribution is -0.126. The molecular formula is C18H24N2O2. The largest absolute Gasteiger partial charge is 0.395 e. The summed E-state index contributed by atoms with van der Waals surface area (Å²) in [6.07, 6.45) is 0. The number of aliphatic hydroxyl groups excluding tert-OH is 1. The average molecular weight is 300 g/mol. The van der Waals surface area contributed by atoms with Gasteiger partial charge in [0.25, 0.3) is 0 Å². The van der Waals surface area contributed by atoms with E-state index >= 15 is 0 Å². The lowest BCUT2D eigenvalue weighted by atomic mass is 9.99. The van der Waals surface area contributed by atoms with Crippen molar-refractivity contribution >= 4 is 16.7 Å². The number of likely N-dealkylation sites (N-methyl/N-ethyl adjacent to an activating group) is 1. The molecule has 2 rings (SSSR count). The first-order valence-corrected chi connectivity index (χ1v) is 7.63. The predicted octanol–water partition coefficient (Wildman–Crippen LogP) is 2.33. The molecule has 0 saturated heterocycles. The van der Waals surface area contributed by atoms with Crippen LogP contribution in [0.4, 0.5) is 0 Å². The first kappa shape index (κ1) is 16.5. The Bertz CT molecular complexity index is 637. The minimum atomic E-state index is -0.274. The highest BCUT2D eigenvalue weighted by atomic mass is 16.3. The van der Waals surface area contributed by atoms with Gasteiger partial charge in [-0.3, -0.25) is 9.69 Å². The van der Waals surface area contributed by atoms with E-state index in [1.54, 1.807) is 0 Å². The molecule has 4 nitrogen and oxygen atoms in total. The number of benzene rings is 2. The number of hydrogen-bond acceptors (Lipinski definition) is 3. The van der Waals surface area contributed by atoms with E-state index in [-0.39, 0.29) is 24.6 Å². The second-order valence-corrected chi connectivity index (χ2v) is 5.68. The van der Waals surface area contributed by atoms with Gasteiger partial charge in [-0.15, -0.1) is 0 Å². The first-order chi connectivity index (χ1) is 10.5. The third-order valence-electron chi connectivity index (χ3n) is 4.14. The van der Waals surface area contributed by atoms with E-state index in [0.717, 1.165) is 10.9 Å². The molecule has 0 bridgehead atoms. The fourth-order valence-corrected chi connectivity index (χ4v) is 2.59. The van der Waals surface area contributed by atoms with Gasteiger partial charge in [0.05, 0.1) is 18.7 Å². The van der Waals surface area contributed by atoms with Gasteiger partial charge < -0.3 is 10.4 Å². The number of nitrogens with one attached hydrogen (secondary N) is 1. The summed E-state index contributed by atoms with van der Waals surface area (Å²) in [5.74, 6) is -0.0311. The topological polar surface area (TPSA) is 52.6 Å². The molecule has 0 aliphatic heterocycles. The van der Waals surface area contributed by atoms with Gasteiger partial charge in [-0.25, -0.2) is 0 Å². The van der Waals surface area contributed by atoms with E-state index < -0.39 is 0 Å². The van der Waals surface area contributed by atoms with Crippen molar-refractivity contribution in [2.24, 2.45) is 0 Å². The second-order valence-electron chi connectivity index (χ2n) is 5.68. The lowest BCUT2D eigenvalue weighted by Crippen LogP contribution is -2.44. The lowest BCUT2D eigenvalue weighted by Gasteiger charge is -2.25.